The molecule has 0 saturated carbocycles. The monoisotopic (exact) mass is 335 g/mol. The van der Waals surface area contributed by atoms with Crippen molar-refractivity contribution in [3.8, 4) is 5.82 Å². The Morgan fingerprint density at radius 2 is 2.08 bits per heavy atom. The third-order valence-electron chi connectivity index (χ3n) is 3.53. The predicted octanol–water partition coefficient (Wildman–Crippen LogP) is 3.44. The van der Waals surface area contributed by atoms with Crippen molar-refractivity contribution in [1.29, 1.82) is 0 Å². The molecule has 3 heterocycles. The van der Waals surface area contributed by atoms with Crippen LogP contribution in [0.3, 0.4) is 0 Å². The second-order valence-corrected chi connectivity index (χ2v) is 6.15. The molecule has 1 amide bonds. The van der Waals surface area contributed by atoms with E-state index in [2.05, 4.69) is 20.4 Å². The maximum atomic E-state index is 12.6. The Labute approximate surface area is 141 Å². The fourth-order valence-electron chi connectivity index (χ4n) is 2.43. The topological polar surface area (TPSA) is 72.7 Å². The van der Waals surface area contributed by atoms with Crippen LogP contribution in [0.25, 0.3) is 16.0 Å². The first-order chi connectivity index (χ1) is 11.7. The van der Waals surface area contributed by atoms with Crippen LogP contribution in [0.1, 0.15) is 16.1 Å². The summed E-state index contributed by atoms with van der Waals surface area (Å²) in [5, 5.41) is 7.31. The van der Waals surface area contributed by atoms with Crippen molar-refractivity contribution in [1.82, 2.24) is 19.7 Å². The number of hydrogen-bond donors (Lipinski definition) is 1. The molecule has 0 radical (unpaired) electrons. The van der Waals surface area contributed by atoms with Crippen molar-refractivity contribution < 1.29 is 4.79 Å². The Morgan fingerprint density at radius 1 is 1.17 bits per heavy atom. The number of rotatable bonds is 3. The Morgan fingerprint density at radius 3 is 2.92 bits per heavy atom. The Hall–Kier alpha value is -3.06. The van der Waals surface area contributed by atoms with Gasteiger partial charge in [0.2, 0.25) is 0 Å². The molecule has 0 unspecified atom stereocenters. The predicted molar refractivity (Wildman–Crippen MR) is 93.7 cm³/mol. The number of benzene rings is 1. The number of carbonyl (C=O) groups excluding carboxylic acids is 1. The summed E-state index contributed by atoms with van der Waals surface area (Å²) >= 11 is 1.51. The summed E-state index contributed by atoms with van der Waals surface area (Å²) < 4.78 is 2.61. The molecule has 4 aromatic rings. The first kappa shape index (κ1) is 14.5. The molecule has 4 rings (SSSR count). The average molecular weight is 335 g/mol. The number of anilines is 1. The maximum absolute atomic E-state index is 12.6. The van der Waals surface area contributed by atoms with E-state index >= 15 is 0 Å². The van der Waals surface area contributed by atoms with Gasteiger partial charge in [0.1, 0.15) is 5.82 Å². The summed E-state index contributed by atoms with van der Waals surface area (Å²) in [6.45, 7) is 1.87. The molecular weight excluding hydrogens is 322 g/mol. The van der Waals surface area contributed by atoms with Crippen molar-refractivity contribution >= 4 is 33.3 Å². The minimum atomic E-state index is -0.192. The first-order valence-corrected chi connectivity index (χ1v) is 8.21. The van der Waals surface area contributed by atoms with Crippen molar-refractivity contribution in [3.63, 3.8) is 0 Å². The molecule has 0 spiro atoms. The minimum Gasteiger partial charge on any atom is -0.306 e. The molecule has 118 valence electrons. The van der Waals surface area contributed by atoms with Crippen LogP contribution in [0, 0.1) is 6.92 Å². The van der Waals surface area contributed by atoms with Gasteiger partial charge in [-0.25, -0.2) is 9.97 Å². The van der Waals surface area contributed by atoms with E-state index in [1.165, 1.54) is 11.3 Å². The molecule has 1 aromatic carbocycles. The van der Waals surface area contributed by atoms with Crippen molar-refractivity contribution in [2.45, 2.75) is 6.92 Å². The van der Waals surface area contributed by atoms with Gasteiger partial charge in [-0.15, -0.1) is 11.3 Å². The number of hydrogen-bond acceptors (Lipinski definition) is 5. The Balaban J connectivity index is 1.66. The molecule has 24 heavy (non-hydrogen) atoms. The minimum absolute atomic E-state index is 0.192. The van der Waals surface area contributed by atoms with Crippen LogP contribution in [0.15, 0.2) is 54.2 Å². The van der Waals surface area contributed by atoms with Crippen LogP contribution in [0.2, 0.25) is 0 Å². The summed E-state index contributed by atoms with van der Waals surface area (Å²) in [6.07, 6.45) is 1.69. The van der Waals surface area contributed by atoms with Crippen LogP contribution in [0.4, 0.5) is 5.82 Å². The van der Waals surface area contributed by atoms with Crippen LogP contribution >= 0.6 is 11.3 Å². The molecule has 0 atom stereocenters. The Bertz CT molecular complexity index is 1020. The van der Waals surface area contributed by atoms with Crippen LogP contribution in [-0.2, 0) is 0 Å². The van der Waals surface area contributed by atoms with E-state index in [9.17, 15) is 4.79 Å². The molecule has 1 N–H and O–H groups in total. The Kier molecular flexibility index (Phi) is 3.55. The summed E-state index contributed by atoms with van der Waals surface area (Å²) in [6, 6.07) is 12.8. The second kappa shape index (κ2) is 5.86. The lowest BCUT2D eigenvalue weighted by atomic mass is 10.2. The normalized spacial score (nSPS) is 10.9. The highest BCUT2D eigenvalue weighted by Crippen LogP contribution is 2.21. The van der Waals surface area contributed by atoms with Gasteiger partial charge in [0.25, 0.3) is 5.91 Å². The molecule has 6 nitrogen and oxygen atoms in total. The number of nitrogens with one attached hydrogen (secondary N) is 1. The standard InChI is InChI=1S/C17H13N5OS/c1-11-8-16(22(21-11)15-4-2-3-7-18-15)20-17(23)12-5-6-13-14(9-12)24-10-19-13/h2-10H,1H3,(H,20,23). The molecule has 0 aliphatic carbocycles. The van der Waals surface area contributed by atoms with E-state index in [4.69, 9.17) is 0 Å². The SMILES string of the molecule is Cc1cc(NC(=O)c2ccc3ncsc3c2)n(-c2ccccn2)n1. The van der Waals surface area contributed by atoms with Gasteiger partial charge in [-0.1, -0.05) is 6.07 Å². The van der Waals surface area contributed by atoms with E-state index in [-0.39, 0.29) is 5.91 Å². The van der Waals surface area contributed by atoms with Gasteiger partial charge < -0.3 is 5.32 Å². The van der Waals surface area contributed by atoms with Gasteiger partial charge in [-0.3, -0.25) is 4.79 Å². The van der Waals surface area contributed by atoms with E-state index in [0.29, 0.717) is 17.2 Å². The average Bonchev–Trinajstić information content (AvgIpc) is 3.21. The van der Waals surface area contributed by atoms with Gasteiger partial charge in [-0.05, 0) is 37.3 Å². The first-order valence-electron chi connectivity index (χ1n) is 7.33. The highest BCUT2D eigenvalue weighted by Gasteiger charge is 2.13. The second-order valence-electron chi connectivity index (χ2n) is 5.26. The van der Waals surface area contributed by atoms with Crippen molar-refractivity contribution in [3.05, 3.63) is 65.4 Å². The molecule has 0 bridgehead atoms. The van der Waals surface area contributed by atoms with Crippen LogP contribution in [0.5, 0.6) is 0 Å². The lowest BCUT2D eigenvalue weighted by Crippen LogP contribution is -2.15. The van der Waals surface area contributed by atoms with Gasteiger partial charge in [0.05, 0.1) is 21.4 Å². The van der Waals surface area contributed by atoms with Gasteiger partial charge in [-0.2, -0.15) is 9.78 Å². The lowest BCUT2D eigenvalue weighted by molar-refractivity contribution is 0.102. The van der Waals surface area contributed by atoms with E-state index in [0.717, 1.165) is 15.9 Å². The van der Waals surface area contributed by atoms with Gasteiger partial charge in [0.15, 0.2) is 5.82 Å². The number of nitrogens with zero attached hydrogens (tertiary/aromatic N) is 4. The molecule has 0 fully saturated rings. The molecule has 7 heteroatoms. The molecule has 3 aromatic heterocycles. The largest absolute Gasteiger partial charge is 0.306 e. The quantitative estimate of drug-likeness (QED) is 0.622. The number of aryl methyl sites for hydroxylation is 1. The summed E-state index contributed by atoms with van der Waals surface area (Å²) in [4.78, 5) is 21.1. The fourth-order valence-corrected chi connectivity index (χ4v) is 3.14. The zero-order valence-corrected chi connectivity index (χ0v) is 13.6. The fraction of sp³-hybridized carbons (Fsp3) is 0.0588. The van der Waals surface area contributed by atoms with Crippen LogP contribution < -0.4 is 5.32 Å². The van der Waals surface area contributed by atoms with Gasteiger partial charge in [0, 0.05) is 17.8 Å². The number of fused-ring (bicyclic) bond motifs is 1. The number of thiazole rings is 1. The number of aromatic nitrogens is 4. The molecule has 0 aliphatic heterocycles. The smallest absolute Gasteiger partial charge is 0.256 e. The maximum Gasteiger partial charge on any atom is 0.256 e. The molecule has 0 aliphatic rings. The number of amides is 1. The van der Waals surface area contributed by atoms with Crippen LogP contribution in [-0.4, -0.2) is 25.7 Å². The highest BCUT2D eigenvalue weighted by atomic mass is 32.1. The van der Waals surface area contributed by atoms with E-state index < -0.39 is 0 Å². The number of pyridine rings is 1. The van der Waals surface area contributed by atoms with Gasteiger partial charge >= 0.3 is 0 Å². The van der Waals surface area contributed by atoms with Crippen molar-refractivity contribution in [2.24, 2.45) is 0 Å². The zero-order chi connectivity index (χ0) is 16.5. The summed E-state index contributed by atoms with van der Waals surface area (Å²) in [5.74, 6) is 1.04. The van der Waals surface area contributed by atoms with E-state index in [1.807, 2.05) is 43.3 Å². The van der Waals surface area contributed by atoms with E-state index in [1.54, 1.807) is 22.5 Å². The third kappa shape index (κ3) is 2.65. The molecule has 0 saturated heterocycles. The lowest BCUT2D eigenvalue weighted by Gasteiger charge is -2.08. The number of carbonyl (C=O) groups is 1. The zero-order valence-electron chi connectivity index (χ0n) is 12.8. The third-order valence-corrected chi connectivity index (χ3v) is 4.32. The summed E-state index contributed by atoms with van der Waals surface area (Å²) in [7, 11) is 0. The molecular formula is C17H13N5OS. The van der Waals surface area contributed by atoms with Crippen molar-refractivity contribution in [2.75, 3.05) is 5.32 Å². The highest BCUT2D eigenvalue weighted by molar-refractivity contribution is 7.16. The summed E-state index contributed by atoms with van der Waals surface area (Å²) in [5.41, 5.74) is 4.05.